The van der Waals surface area contributed by atoms with Gasteiger partial charge in [-0.25, -0.2) is 4.98 Å². The Morgan fingerprint density at radius 2 is 1.75 bits per heavy atom. The second-order valence-electron chi connectivity index (χ2n) is 7.86. The van der Waals surface area contributed by atoms with Gasteiger partial charge in [-0.2, -0.15) is 16.4 Å². The Hall–Kier alpha value is -4.04. The van der Waals surface area contributed by atoms with Crippen molar-refractivity contribution < 1.29 is 0 Å². The summed E-state index contributed by atoms with van der Waals surface area (Å²) < 4.78 is 0. The average molecular weight is 438 g/mol. The minimum absolute atomic E-state index is 0.746. The van der Waals surface area contributed by atoms with Crippen molar-refractivity contribution in [2.24, 2.45) is 0 Å². The largest absolute Gasteiger partial charge is 0.376 e. The molecule has 0 aliphatic heterocycles. The van der Waals surface area contributed by atoms with Crippen molar-refractivity contribution in [2.45, 2.75) is 0 Å². The standard InChI is InChI=1S/C24H19N7S/c1-31(2)17-5-15(8-25-10-17)16-6-19-23(29-30-24(19)27-9-16)21-7-18-20(14-3-4-32-13-14)11-26-12-22(18)28-21/h3-13,28H,1-2H3,(H,27,29,30). The Bertz CT molecular complexity index is 1560. The van der Waals surface area contributed by atoms with E-state index in [0.29, 0.717) is 0 Å². The molecule has 6 aromatic heterocycles. The molecule has 0 unspecified atom stereocenters. The highest BCUT2D eigenvalue weighted by Gasteiger charge is 2.15. The SMILES string of the molecule is CN(C)c1cncc(-c2cnc3[nH]nc(-c4cc5c(-c6ccsc6)cncc5[nH]4)c3c2)c1. The van der Waals surface area contributed by atoms with E-state index in [-0.39, 0.29) is 0 Å². The van der Waals surface area contributed by atoms with Crippen LogP contribution in [-0.2, 0) is 0 Å². The van der Waals surface area contributed by atoms with Gasteiger partial charge in [0.1, 0.15) is 5.69 Å². The minimum atomic E-state index is 0.746. The quantitative estimate of drug-likeness (QED) is 0.388. The summed E-state index contributed by atoms with van der Waals surface area (Å²) >= 11 is 1.68. The molecule has 6 aromatic rings. The fourth-order valence-corrected chi connectivity index (χ4v) is 4.58. The molecule has 0 atom stereocenters. The van der Waals surface area contributed by atoms with E-state index in [9.17, 15) is 0 Å². The highest BCUT2D eigenvalue weighted by molar-refractivity contribution is 7.08. The Morgan fingerprint density at radius 1 is 0.875 bits per heavy atom. The summed E-state index contributed by atoms with van der Waals surface area (Å²) in [4.78, 5) is 18.9. The number of hydrogen-bond acceptors (Lipinski definition) is 6. The zero-order valence-corrected chi connectivity index (χ0v) is 18.3. The Kier molecular flexibility index (Phi) is 4.26. The molecule has 0 aliphatic carbocycles. The third-order valence-corrected chi connectivity index (χ3v) is 6.31. The van der Waals surface area contributed by atoms with E-state index in [2.05, 4.69) is 65.2 Å². The van der Waals surface area contributed by atoms with Gasteiger partial charge >= 0.3 is 0 Å². The molecule has 6 rings (SSSR count). The highest BCUT2D eigenvalue weighted by atomic mass is 32.1. The zero-order chi connectivity index (χ0) is 21.7. The number of aromatic nitrogens is 6. The lowest BCUT2D eigenvalue weighted by molar-refractivity contribution is 1.10. The molecule has 6 heterocycles. The number of nitrogens with one attached hydrogen (secondary N) is 2. The van der Waals surface area contributed by atoms with Crippen molar-refractivity contribution in [3.63, 3.8) is 0 Å². The maximum atomic E-state index is 4.61. The number of thiophene rings is 1. The van der Waals surface area contributed by atoms with Gasteiger partial charge in [-0.05, 0) is 40.6 Å². The summed E-state index contributed by atoms with van der Waals surface area (Å²) in [6, 6.07) is 8.48. The lowest BCUT2D eigenvalue weighted by atomic mass is 10.1. The van der Waals surface area contributed by atoms with E-state index in [1.807, 2.05) is 50.0 Å². The molecule has 8 heteroatoms. The van der Waals surface area contributed by atoms with Gasteiger partial charge in [-0.15, -0.1) is 0 Å². The summed E-state index contributed by atoms with van der Waals surface area (Å²) in [6.45, 7) is 0. The second-order valence-corrected chi connectivity index (χ2v) is 8.64. The number of nitrogens with zero attached hydrogens (tertiary/aromatic N) is 5. The second kappa shape index (κ2) is 7.28. The highest BCUT2D eigenvalue weighted by Crippen LogP contribution is 2.35. The van der Waals surface area contributed by atoms with E-state index in [1.165, 1.54) is 5.56 Å². The number of hydrogen-bond donors (Lipinski definition) is 2. The van der Waals surface area contributed by atoms with Crippen molar-refractivity contribution >= 4 is 39.0 Å². The lowest BCUT2D eigenvalue weighted by Gasteiger charge is -2.12. The summed E-state index contributed by atoms with van der Waals surface area (Å²) in [6.07, 6.45) is 9.32. The van der Waals surface area contributed by atoms with E-state index >= 15 is 0 Å². The molecule has 0 fully saturated rings. The number of fused-ring (bicyclic) bond motifs is 2. The first-order chi connectivity index (χ1) is 15.7. The monoisotopic (exact) mass is 437 g/mol. The van der Waals surface area contributed by atoms with Gasteiger partial charge in [0.25, 0.3) is 0 Å². The number of H-pyrrole nitrogens is 2. The molecule has 0 aliphatic rings. The van der Waals surface area contributed by atoms with Crippen LogP contribution >= 0.6 is 11.3 Å². The maximum Gasteiger partial charge on any atom is 0.155 e. The molecule has 7 nitrogen and oxygen atoms in total. The Labute approximate surface area is 187 Å². The normalized spacial score (nSPS) is 11.4. The molecule has 156 valence electrons. The van der Waals surface area contributed by atoms with Crippen molar-refractivity contribution in [3.8, 4) is 33.6 Å². The third kappa shape index (κ3) is 3.04. The van der Waals surface area contributed by atoms with Gasteiger partial charge in [0.2, 0.25) is 0 Å². The van der Waals surface area contributed by atoms with Crippen molar-refractivity contribution in [1.82, 2.24) is 30.1 Å². The molecule has 0 amide bonds. The fraction of sp³-hybridized carbons (Fsp3) is 0.0833. The molecule has 0 bridgehead atoms. The van der Waals surface area contributed by atoms with E-state index in [0.717, 1.165) is 55.7 Å². The summed E-state index contributed by atoms with van der Waals surface area (Å²) in [5.41, 5.74) is 8.81. The Balaban J connectivity index is 1.49. The van der Waals surface area contributed by atoms with Gasteiger partial charge in [-0.1, -0.05) is 0 Å². The first-order valence-corrected chi connectivity index (χ1v) is 11.1. The first kappa shape index (κ1) is 18.7. The van der Waals surface area contributed by atoms with Gasteiger partial charge in [0, 0.05) is 60.1 Å². The molecule has 0 saturated carbocycles. The van der Waals surface area contributed by atoms with Crippen molar-refractivity contribution in [3.05, 3.63) is 66.0 Å². The number of anilines is 1. The van der Waals surface area contributed by atoms with Crippen LogP contribution in [0, 0.1) is 0 Å². The molecule has 0 saturated heterocycles. The summed E-state index contributed by atoms with van der Waals surface area (Å²) in [5.74, 6) is 0. The van der Waals surface area contributed by atoms with Crippen LogP contribution in [-0.4, -0.2) is 44.2 Å². The number of aromatic amines is 2. The van der Waals surface area contributed by atoms with E-state index in [1.54, 1.807) is 11.3 Å². The molecular formula is C24H19N7S. The molecule has 0 aromatic carbocycles. The van der Waals surface area contributed by atoms with Gasteiger partial charge < -0.3 is 9.88 Å². The molecule has 0 radical (unpaired) electrons. The molecular weight excluding hydrogens is 418 g/mol. The van der Waals surface area contributed by atoms with E-state index < -0.39 is 0 Å². The lowest BCUT2D eigenvalue weighted by Crippen LogP contribution is -2.08. The van der Waals surface area contributed by atoms with Crippen LogP contribution in [0.3, 0.4) is 0 Å². The fourth-order valence-electron chi connectivity index (χ4n) is 3.92. The maximum absolute atomic E-state index is 4.61. The smallest absolute Gasteiger partial charge is 0.155 e. The summed E-state index contributed by atoms with van der Waals surface area (Å²) in [5, 5.41) is 13.9. The van der Waals surface area contributed by atoms with Gasteiger partial charge in [-0.3, -0.25) is 15.1 Å². The van der Waals surface area contributed by atoms with Crippen LogP contribution in [0.15, 0.2) is 66.0 Å². The molecule has 2 N–H and O–H groups in total. The van der Waals surface area contributed by atoms with Crippen LogP contribution < -0.4 is 4.90 Å². The van der Waals surface area contributed by atoms with Gasteiger partial charge in [0.05, 0.1) is 29.3 Å². The van der Waals surface area contributed by atoms with Crippen LogP contribution in [0.2, 0.25) is 0 Å². The zero-order valence-electron chi connectivity index (χ0n) is 17.5. The average Bonchev–Trinajstić information content (AvgIpc) is 3.57. The minimum Gasteiger partial charge on any atom is -0.376 e. The number of rotatable bonds is 4. The third-order valence-electron chi connectivity index (χ3n) is 5.62. The summed E-state index contributed by atoms with van der Waals surface area (Å²) in [7, 11) is 4.01. The van der Waals surface area contributed by atoms with E-state index in [4.69, 9.17) is 0 Å². The van der Waals surface area contributed by atoms with Crippen LogP contribution in [0.4, 0.5) is 5.69 Å². The molecule has 0 spiro atoms. The topological polar surface area (TPSA) is 86.4 Å². The van der Waals surface area contributed by atoms with Crippen molar-refractivity contribution in [1.29, 1.82) is 0 Å². The van der Waals surface area contributed by atoms with Crippen LogP contribution in [0.5, 0.6) is 0 Å². The van der Waals surface area contributed by atoms with Crippen LogP contribution in [0.25, 0.3) is 55.6 Å². The predicted molar refractivity (Wildman–Crippen MR) is 130 cm³/mol. The Morgan fingerprint density at radius 3 is 2.59 bits per heavy atom. The molecule has 32 heavy (non-hydrogen) atoms. The number of pyridine rings is 3. The van der Waals surface area contributed by atoms with Crippen molar-refractivity contribution in [2.75, 3.05) is 19.0 Å². The first-order valence-electron chi connectivity index (χ1n) is 10.1. The van der Waals surface area contributed by atoms with Gasteiger partial charge in [0.15, 0.2) is 5.65 Å². The van der Waals surface area contributed by atoms with Crippen LogP contribution in [0.1, 0.15) is 0 Å². The predicted octanol–water partition coefficient (Wildman–Crippen LogP) is 5.36.